The molecule has 7 heteroatoms. The second-order valence-electron chi connectivity index (χ2n) is 5.05. The summed E-state index contributed by atoms with van der Waals surface area (Å²) in [7, 11) is 0. The Balaban J connectivity index is 2.34. The summed E-state index contributed by atoms with van der Waals surface area (Å²) in [6.45, 7) is 2.79. The molecule has 0 bridgehead atoms. The van der Waals surface area contributed by atoms with Gasteiger partial charge in [0.05, 0.1) is 5.56 Å². The highest BCUT2D eigenvalue weighted by Gasteiger charge is 2.29. The van der Waals surface area contributed by atoms with E-state index in [9.17, 15) is 17.6 Å². The summed E-state index contributed by atoms with van der Waals surface area (Å²) in [6, 6.07) is 6.90. The number of hydrogen-bond acceptors (Lipinski definition) is 3. The van der Waals surface area contributed by atoms with Crippen molar-refractivity contribution in [3.05, 3.63) is 64.2 Å². The number of ether oxygens (including phenoxy) is 1. The van der Waals surface area contributed by atoms with Crippen LogP contribution in [0.3, 0.4) is 0 Å². The van der Waals surface area contributed by atoms with Gasteiger partial charge in [-0.25, -0.2) is 14.7 Å². The highest BCUT2D eigenvalue weighted by molar-refractivity contribution is 5.36. The van der Waals surface area contributed by atoms with Crippen LogP contribution in [0.15, 0.2) is 24.3 Å². The number of aryl methyl sites for hydroxylation is 1. The van der Waals surface area contributed by atoms with E-state index < -0.39 is 40.7 Å². The van der Waals surface area contributed by atoms with E-state index in [2.05, 4.69) is 4.84 Å². The lowest BCUT2D eigenvalue weighted by atomic mass is 10.1. The number of halogens is 4. The quantitative estimate of drug-likeness (QED) is 0.511. The third kappa shape index (κ3) is 3.46. The molecule has 0 aromatic heterocycles. The SMILES string of the molecule is Cc1ccc(COc2c(F)c(F)c(C(C)ON)c(F)c2F)cc1. The zero-order valence-electron chi connectivity index (χ0n) is 12.5. The Kier molecular flexibility index (Phi) is 5.23. The van der Waals surface area contributed by atoms with Gasteiger partial charge in [0, 0.05) is 0 Å². The summed E-state index contributed by atoms with van der Waals surface area (Å²) in [5.74, 6) is -2.75. The average molecular weight is 329 g/mol. The van der Waals surface area contributed by atoms with Gasteiger partial charge in [-0.2, -0.15) is 8.78 Å². The zero-order chi connectivity index (χ0) is 17.1. The monoisotopic (exact) mass is 329 g/mol. The number of rotatable bonds is 5. The molecule has 124 valence electrons. The summed E-state index contributed by atoms with van der Waals surface area (Å²) in [6.07, 6.45) is -1.36. The smallest absolute Gasteiger partial charge is 0.204 e. The van der Waals surface area contributed by atoms with E-state index in [1.54, 1.807) is 24.3 Å². The lowest BCUT2D eigenvalue weighted by Gasteiger charge is -2.16. The first-order valence-electron chi connectivity index (χ1n) is 6.76. The van der Waals surface area contributed by atoms with Crippen LogP contribution in [0.5, 0.6) is 5.75 Å². The zero-order valence-corrected chi connectivity index (χ0v) is 12.5. The highest BCUT2D eigenvalue weighted by Crippen LogP contribution is 2.34. The third-order valence-electron chi connectivity index (χ3n) is 3.37. The lowest BCUT2D eigenvalue weighted by molar-refractivity contribution is 0.0595. The van der Waals surface area contributed by atoms with Crippen molar-refractivity contribution in [1.82, 2.24) is 0 Å². The lowest BCUT2D eigenvalue weighted by Crippen LogP contribution is -2.14. The molecule has 0 spiro atoms. The van der Waals surface area contributed by atoms with Gasteiger partial charge < -0.3 is 4.74 Å². The third-order valence-corrected chi connectivity index (χ3v) is 3.37. The number of hydrogen-bond donors (Lipinski definition) is 1. The van der Waals surface area contributed by atoms with Crippen molar-refractivity contribution < 1.29 is 27.1 Å². The topological polar surface area (TPSA) is 44.5 Å². The maximum Gasteiger partial charge on any atom is 0.204 e. The molecule has 0 aliphatic carbocycles. The van der Waals surface area contributed by atoms with E-state index in [4.69, 9.17) is 10.6 Å². The molecule has 1 atom stereocenters. The van der Waals surface area contributed by atoms with Crippen LogP contribution in [-0.2, 0) is 11.4 Å². The Bertz CT molecular complexity index is 675. The molecule has 0 saturated carbocycles. The fraction of sp³-hybridized carbons (Fsp3) is 0.250. The van der Waals surface area contributed by atoms with Crippen molar-refractivity contribution in [3.63, 3.8) is 0 Å². The van der Waals surface area contributed by atoms with Gasteiger partial charge >= 0.3 is 0 Å². The van der Waals surface area contributed by atoms with Crippen molar-refractivity contribution in [1.29, 1.82) is 0 Å². The number of benzene rings is 2. The largest absolute Gasteiger partial charge is 0.483 e. The van der Waals surface area contributed by atoms with E-state index >= 15 is 0 Å². The summed E-state index contributed by atoms with van der Waals surface area (Å²) in [4.78, 5) is 4.23. The minimum atomic E-state index is -1.63. The molecule has 0 fully saturated rings. The summed E-state index contributed by atoms with van der Waals surface area (Å²) < 4.78 is 60.7. The Morgan fingerprint density at radius 3 is 1.96 bits per heavy atom. The molecular formula is C16H15F4NO2. The second kappa shape index (κ2) is 6.97. The van der Waals surface area contributed by atoms with Crippen LogP contribution in [0.2, 0.25) is 0 Å². The van der Waals surface area contributed by atoms with Crippen molar-refractivity contribution in [2.75, 3.05) is 0 Å². The molecule has 0 aliphatic rings. The maximum atomic E-state index is 14.0. The predicted molar refractivity (Wildman–Crippen MR) is 75.5 cm³/mol. The Morgan fingerprint density at radius 1 is 0.957 bits per heavy atom. The Hall–Kier alpha value is -2.12. The molecule has 2 N–H and O–H groups in total. The molecule has 0 radical (unpaired) electrons. The normalized spacial score (nSPS) is 12.3. The molecule has 0 saturated heterocycles. The predicted octanol–water partition coefficient (Wildman–Crippen LogP) is 4.08. The van der Waals surface area contributed by atoms with Gasteiger partial charge in [-0.15, -0.1) is 0 Å². The van der Waals surface area contributed by atoms with E-state index in [-0.39, 0.29) is 6.61 Å². The van der Waals surface area contributed by atoms with E-state index in [1.807, 2.05) is 6.92 Å². The van der Waals surface area contributed by atoms with Crippen LogP contribution in [0.1, 0.15) is 29.7 Å². The molecule has 0 aliphatic heterocycles. The van der Waals surface area contributed by atoms with Gasteiger partial charge in [-0.05, 0) is 19.4 Å². The molecule has 0 amide bonds. The molecule has 0 heterocycles. The average Bonchev–Trinajstić information content (AvgIpc) is 2.54. The summed E-state index contributed by atoms with van der Waals surface area (Å²) in [5.41, 5.74) is 0.659. The van der Waals surface area contributed by atoms with E-state index in [0.717, 1.165) is 12.5 Å². The van der Waals surface area contributed by atoms with Crippen LogP contribution >= 0.6 is 0 Å². The molecule has 23 heavy (non-hydrogen) atoms. The molecule has 1 unspecified atom stereocenters. The summed E-state index contributed by atoms with van der Waals surface area (Å²) in [5, 5.41) is 0. The van der Waals surface area contributed by atoms with Gasteiger partial charge in [0.2, 0.25) is 11.6 Å². The van der Waals surface area contributed by atoms with E-state index in [1.165, 1.54) is 0 Å². The molecule has 2 rings (SSSR count). The maximum absolute atomic E-state index is 14.0. The van der Waals surface area contributed by atoms with Gasteiger partial charge in [-0.3, -0.25) is 4.84 Å². The first-order valence-corrected chi connectivity index (χ1v) is 6.76. The van der Waals surface area contributed by atoms with Crippen molar-refractivity contribution >= 4 is 0 Å². The van der Waals surface area contributed by atoms with E-state index in [0.29, 0.717) is 5.56 Å². The highest BCUT2D eigenvalue weighted by atomic mass is 19.2. The second-order valence-corrected chi connectivity index (χ2v) is 5.05. The minimum Gasteiger partial charge on any atom is -0.483 e. The summed E-state index contributed by atoms with van der Waals surface area (Å²) >= 11 is 0. The first-order chi connectivity index (χ1) is 10.9. The molecular weight excluding hydrogens is 314 g/mol. The fourth-order valence-electron chi connectivity index (χ4n) is 2.02. The standard InChI is InChI=1S/C16H15F4NO2/c1-8-3-5-10(6-4-8)7-22-16-14(19)12(17)11(9(2)23-21)13(18)15(16)20/h3-6,9H,7,21H2,1-2H3. The van der Waals surface area contributed by atoms with Crippen LogP contribution in [-0.4, -0.2) is 0 Å². The van der Waals surface area contributed by atoms with Gasteiger partial charge in [0.25, 0.3) is 0 Å². The molecule has 2 aromatic carbocycles. The van der Waals surface area contributed by atoms with Crippen LogP contribution < -0.4 is 10.6 Å². The van der Waals surface area contributed by atoms with Crippen molar-refractivity contribution in [2.24, 2.45) is 5.90 Å². The van der Waals surface area contributed by atoms with Crippen molar-refractivity contribution in [2.45, 2.75) is 26.6 Å². The molecule has 3 nitrogen and oxygen atoms in total. The first kappa shape index (κ1) is 17.2. The Labute approximate surface area is 130 Å². The van der Waals surface area contributed by atoms with Gasteiger partial charge in [0.15, 0.2) is 17.4 Å². The van der Waals surface area contributed by atoms with Crippen LogP contribution in [0.4, 0.5) is 17.6 Å². The van der Waals surface area contributed by atoms with Gasteiger partial charge in [0.1, 0.15) is 12.7 Å². The Morgan fingerprint density at radius 2 is 1.48 bits per heavy atom. The fourth-order valence-corrected chi connectivity index (χ4v) is 2.02. The van der Waals surface area contributed by atoms with Gasteiger partial charge in [-0.1, -0.05) is 29.8 Å². The van der Waals surface area contributed by atoms with Crippen LogP contribution in [0.25, 0.3) is 0 Å². The molecule has 2 aromatic rings. The number of nitrogens with two attached hydrogens (primary N) is 1. The van der Waals surface area contributed by atoms with Crippen molar-refractivity contribution in [3.8, 4) is 5.75 Å². The minimum absolute atomic E-state index is 0.241. The van der Waals surface area contributed by atoms with Crippen LogP contribution in [0, 0.1) is 30.2 Å².